The molecule has 0 aromatic carbocycles. The van der Waals surface area contributed by atoms with E-state index in [2.05, 4.69) is 20.5 Å². The molecule has 0 bridgehead atoms. The molecule has 0 fully saturated rings. The third kappa shape index (κ3) is 3.83. The molecule has 2 heterocycles. The van der Waals surface area contributed by atoms with E-state index in [0.717, 1.165) is 6.08 Å². The maximum Gasteiger partial charge on any atom is 0.328 e. The van der Waals surface area contributed by atoms with Crippen molar-refractivity contribution in [2.75, 3.05) is 5.32 Å². The fraction of sp³-hybridized carbons (Fsp3) is 0. The van der Waals surface area contributed by atoms with Crippen molar-refractivity contribution in [3.63, 3.8) is 0 Å². The smallest absolute Gasteiger partial charge is 0.328 e. The molecule has 0 saturated carbocycles. The lowest BCUT2D eigenvalue weighted by atomic mass is 10.1. The predicted molar refractivity (Wildman–Crippen MR) is 73.7 cm³/mol. The lowest BCUT2D eigenvalue weighted by Gasteiger charge is -2.06. The Bertz CT molecular complexity index is 746. The van der Waals surface area contributed by atoms with E-state index >= 15 is 0 Å². The topological polar surface area (TPSA) is 125 Å². The van der Waals surface area contributed by atoms with Crippen molar-refractivity contribution in [1.82, 2.24) is 15.2 Å². The summed E-state index contributed by atoms with van der Waals surface area (Å²) in [6, 6.07) is 4.02. The van der Waals surface area contributed by atoms with E-state index in [0.29, 0.717) is 5.56 Å². The van der Waals surface area contributed by atoms with Gasteiger partial charge in [0.1, 0.15) is 0 Å². The zero-order valence-electron chi connectivity index (χ0n) is 10.6. The predicted octanol–water partition coefficient (Wildman–Crippen LogP) is 0.515. The van der Waals surface area contributed by atoms with Gasteiger partial charge in [-0.1, -0.05) is 0 Å². The third-order valence-electron chi connectivity index (χ3n) is 2.42. The Morgan fingerprint density at radius 3 is 2.76 bits per heavy atom. The van der Waals surface area contributed by atoms with Crippen LogP contribution in [0, 0.1) is 0 Å². The minimum atomic E-state index is -1.13. The summed E-state index contributed by atoms with van der Waals surface area (Å²) in [5, 5.41) is 16.9. The van der Waals surface area contributed by atoms with Crippen molar-refractivity contribution in [3.8, 4) is 0 Å². The van der Waals surface area contributed by atoms with Crippen LogP contribution in [0.1, 0.15) is 15.9 Å². The first kappa shape index (κ1) is 14.1. The lowest BCUT2D eigenvalue weighted by Crippen LogP contribution is -2.16. The van der Waals surface area contributed by atoms with Gasteiger partial charge in [-0.05, 0) is 18.2 Å². The molecule has 2 aromatic rings. The van der Waals surface area contributed by atoms with Gasteiger partial charge in [0.25, 0.3) is 11.5 Å². The highest BCUT2D eigenvalue weighted by atomic mass is 16.4. The number of nitrogens with one attached hydrogen (secondary N) is 2. The van der Waals surface area contributed by atoms with Crippen molar-refractivity contribution in [2.45, 2.75) is 0 Å². The average Bonchev–Trinajstić information content (AvgIpc) is 2.47. The van der Waals surface area contributed by atoms with Gasteiger partial charge in [0.2, 0.25) is 0 Å². The molecule has 8 nitrogen and oxygen atoms in total. The summed E-state index contributed by atoms with van der Waals surface area (Å²) < 4.78 is 0. The van der Waals surface area contributed by atoms with E-state index in [1.54, 1.807) is 0 Å². The number of carbonyl (C=O) groups excluding carboxylic acids is 1. The van der Waals surface area contributed by atoms with Gasteiger partial charge in [0.05, 0.1) is 5.56 Å². The summed E-state index contributed by atoms with van der Waals surface area (Å²) in [6.07, 6.45) is 4.96. The number of hydrogen-bond donors (Lipinski definition) is 3. The number of carbonyl (C=O) groups is 2. The second-order valence-electron chi connectivity index (χ2n) is 3.90. The van der Waals surface area contributed by atoms with Crippen LogP contribution in [-0.4, -0.2) is 32.2 Å². The highest BCUT2D eigenvalue weighted by molar-refractivity contribution is 6.06. The number of H-pyrrole nitrogens is 1. The first-order valence-corrected chi connectivity index (χ1v) is 5.78. The summed E-state index contributed by atoms with van der Waals surface area (Å²) >= 11 is 0. The van der Waals surface area contributed by atoms with Crippen LogP contribution in [0.5, 0.6) is 0 Å². The summed E-state index contributed by atoms with van der Waals surface area (Å²) in [5.74, 6) is -1.46. The van der Waals surface area contributed by atoms with Crippen LogP contribution in [0.25, 0.3) is 6.08 Å². The highest BCUT2D eigenvalue weighted by Crippen LogP contribution is 2.11. The molecule has 0 saturated heterocycles. The Morgan fingerprint density at radius 1 is 1.29 bits per heavy atom. The molecule has 2 rings (SSSR count). The monoisotopic (exact) mass is 286 g/mol. The second-order valence-corrected chi connectivity index (χ2v) is 3.90. The van der Waals surface area contributed by atoms with Crippen molar-refractivity contribution < 1.29 is 14.7 Å². The number of anilines is 1. The van der Waals surface area contributed by atoms with Crippen LogP contribution in [0.4, 0.5) is 5.82 Å². The quantitative estimate of drug-likeness (QED) is 0.703. The normalized spacial score (nSPS) is 10.5. The van der Waals surface area contributed by atoms with E-state index < -0.39 is 11.9 Å². The van der Waals surface area contributed by atoms with Gasteiger partial charge in [0.15, 0.2) is 5.82 Å². The minimum absolute atomic E-state index is 0.171. The summed E-state index contributed by atoms with van der Waals surface area (Å²) in [6.45, 7) is 0. The van der Waals surface area contributed by atoms with E-state index in [1.165, 1.54) is 36.7 Å². The molecule has 21 heavy (non-hydrogen) atoms. The van der Waals surface area contributed by atoms with Crippen molar-refractivity contribution in [1.29, 1.82) is 0 Å². The van der Waals surface area contributed by atoms with Crippen molar-refractivity contribution >= 4 is 23.8 Å². The molecular weight excluding hydrogens is 276 g/mol. The van der Waals surface area contributed by atoms with Gasteiger partial charge in [-0.3, -0.25) is 14.6 Å². The number of nitrogens with zero attached hydrogens (tertiary/aromatic N) is 2. The summed E-state index contributed by atoms with van der Waals surface area (Å²) in [4.78, 5) is 37.4. The van der Waals surface area contributed by atoms with Crippen molar-refractivity contribution in [3.05, 3.63) is 58.1 Å². The number of carboxylic acids is 1. The van der Waals surface area contributed by atoms with E-state index in [4.69, 9.17) is 5.11 Å². The molecule has 106 valence electrons. The van der Waals surface area contributed by atoms with Gasteiger partial charge in [0, 0.05) is 30.1 Å². The van der Waals surface area contributed by atoms with Crippen LogP contribution >= 0.6 is 0 Å². The van der Waals surface area contributed by atoms with E-state index in [1.807, 2.05) is 0 Å². The number of pyridine rings is 1. The molecule has 0 unspecified atom stereocenters. The number of amides is 1. The Balaban J connectivity index is 2.24. The molecule has 0 aliphatic rings. The zero-order chi connectivity index (χ0) is 15.2. The van der Waals surface area contributed by atoms with Gasteiger partial charge in [-0.15, -0.1) is 0 Å². The molecule has 0 aliphatic carbocycles. The fourth-order valence-electron chi connectivity index (χ4n) is 1.51. The van der Waals surface area contributed by atoms with Crippen LogP contribution < -0.4 is 10.9 Å². The molecule has 8 heteroatoms. The van der Waals surface area contributed by atoms with Gasteiger partial charge in [-0.25, -0.2) is 9.89 Å². The average molecular weight is 286 g/mol. The van der Waals surface area contributed by atoms with E-state index in [9.17, 15) is 14.4 Å². The number of hydrogen-bond acceptors (Lipinski definition) is 5. The third-order valence-corrected chi connectivity index (χ3v) is 2.42. The summed E-state index contributed by atoms with van der Waals surface area (Å²) in [5.41, 5.74) is 0.194. The molecule has 0 radical (unpaired) electrons. The van der Waals surface area contributed by atoms with Crippen LogP contribution in [-0.2, 0) is 4.79 Å². The Morgan fingerprint density at radius 2 is 2.10 bits per heavy atom. The molecule has 0 spiro atoms. The maximum atomic E-state index is 12.1. The first-order valence-electron chi connectivity index (χ1n) is 5.78. The number of aromatic nitrogens is 3. The zero-order valence-corrected chi connectivity index (χ0v) is 10.6. The van der Waals surface area contributed by atoms with Gasteiger partial charge in [-0.2, -0.15) is 5.10 Å². The Hall–Kier alpha value is -3.29. The number of aromatic amines is 1. The molecular formula is C13H10N4O4. The fourth-order valence-corrected chi connectivity index (χ4v) is 1.51. The molecule has 1 amide bonds. The highest BCUT2D eigenvalue weighted by Gasteiger charge is 2.11. The van der Waals surface area contributed by atoms with Crippen LogP contribution in [0.3, 0.4) is 0 Å². The number of aliphatic carboxylic acids is 1. The summed E-state index contributed by atoms with van der Waals surface area (Å²) in [7, 11) is 0. The van der Waals surface area contributed by atoms with Crippen molar-refractivity contribution in [2.24, 2.45) is 0 Å². The number of carboxylic acid groups (broad SMARTS) is 1. The molecule has 0 atom stereocenters. The maximum absolute atomic E-state index is 12.1. The van der Waals surface area contributed by atoms with E-state index in [-0.39, 0.29) is 16.9 Å². The molecule has 0 aliphatic heterocycles. The lowest BCUT2D eigenvalue weighted by molar-refractivity contribution is -0.131. The van der Waals surface area contributed by atoms with Crippen LogP contribution in [0.15, 0.2) is 41.5 Å². The van der Waals surface area contributed by atoms with Gasteiger partial charge >= 0.3 is 5.97 Å². The first-order chi connectivity index (χ1) is 10.1. The van der Waals surface area contributed by atoms with Crippen LogP contribution in [0.2, 0.25) is 0 Å². The Labute approximate surface area is 118 Å². The number of rotatable bonds is 4. The second kappa shape index (κ2) is 6.24. The molecule has 2 aromatic heterocycles. The Kier molecular flexibility index (Phi) is 4.20. The van der Waals surface area contributed by atoms with Gasteiger partial charge < -0.3 is 10.4 Å². The minimum Gasteiger partial charge on any atom is -0.478 e. The SMILES string of the molecule is O=C(O)/C=C/c1cnccc1C(=O)Nc1ccc(=O)[nH]n1. The standard InChI is InChI=1S/C13H10N4O4/c18-11-3-2-10(16-17-11)15-13(21)9-5-6-14-7-8(9)1-4-12(19)20/h1-7H,(H,17,18)(H,19,20)(H,15,16,21)/b4-1+. The molecule has 3 N–H and O–H groups in total. The largest absolute Gasteiger partial charge is 0.478 e.